The average Bonchev–Trinajstić information content (AvgIpc) is 2.58. The molecule has 2 aromatic carbocycles. The first-order valence-electron chi connectivity index (χ1n) is 8.42. The molecule has 0 saturated heterocycles. The van der Waals surface area contributed by atoms with Gasteiger partial charge in [0, 0.05) is 16.8 Å². The number of hydrogen-bond donors (Lipinski definition) is 1. The number of halogens is 1. The van der Waals surface area contributed by atoms with Crippen LogP contribution in [0.25, 0.3) is 6.08 Å². The van der Waals surface area contributed by atoms with Crippen molar-refractivity contribution in [2.45, 2.75) is 39.5 Å². The molecule has 1 N–H and O–H groups in total. The molecule has 126 valence electrons. The second-order valence-electron chi connectivity index (χ2n) is 5.98. The number of anilines is 1. The van der Waals surface area contributed by atoms with E-state index < -0.39 is 0 Å². The van der Waals surface area contributed by atoms with Crippen molar-refractivity contribution in [3.8, 4) is 0 Å². The number of hydrogen-bond acceptors (Lipinski definition) is 1. The summed E-state index contributed by atoms with van der Waals surface area (Å²) < 4.78 is 0. The highest BCUT2D eigenvalue weighted by Gasteiger charge is 2.02. The Morgan fingerprint density at radius 3 is 2.58 bits per heavy atom. The summed E-state index contributed by atoms with van der Waals surface area (Å²) in [7, 11) is 0. The Morgan fingerprint density at radius 1 is 1.12 bits per heavy atom. The van der Waals surface area contributed by atoms with Crippen LogP contribution in [-0.4, -0.2) is 5.91 Å². The first-order chi connectivity index (χ1) is 11.6. The largest absolute Gasteiger partial charge is 0.322 e. The van der Waals surface area contributed by atoms with E-state index in [1.165, 1.54) is 24.8 Å². The number of carbonyl (C=O) groups excluding carboxylic acids is 1. The summed E-state index contributed by atoms with van der Waals surface area (Å²) in [5.41, 5.74) is 4.09. The van der Waals surface area contributed by atoms with Crippen molar-refractivity contribution < 1.29 is 4.79 Å². The van der Waals surface area contributed by atoms with Crippen molar-refractivity contribution in [2.75, 3.05) is 5.32 Å². The second-order valence-corrected chi connectivity index (χ2v) is 6.42. The molecule has 1 amide bonds. The lowest BCUT2D eigenvalue weighted by molar-refractivity contribution is -0.111. The maximum absolute atomic E-state index is 12.0. The maximum atomic E-state index is 12.0. The lowest BCUT2D eigenvalue weighted by atomic mass is 10.1. The fourth-order valence-corrected chi connectivity index (χ4v) is 2.62. The SMILES string of the molecule is CCCCCc1ccc(/C=C/C(=O)Nc2cc(Cl)ccc2C)cc1. The molecule has 0 aromatic heterocycles. The van der Waals surface area contributed by atoms with Gasteiger partial charge in [-0.15, -0.1) is 0 Å². The third-order valence-electron chi connectivity index (χ3n) is 3.93. The Kier molecular flexibility index (Phi) is 7.07. The minimum atomic E-state index is -0.160. The Bertz CT molecular complexity index is 704. The van der Waals surface area contributed by atoms with Crippen molar-refractivity contribution in [1.82, 2.24) is 0 Å². The molecular formula is C21H24ClNO. The van der Waals surface area contributed by atoms with Gasteiger partial charge in [-0.05, 0) is 54.7 Å². The Balaban J connectivity index is 1.92. The van der Waals surface area contributed by atoms with Crippen molar-refractivity contribution in [1.29, 1.82) is 0 Å². The average molecular weight is 342 g/mol. The van der Waals surface area contributed by atoms with Gasteiger partial charge in [-0.1, -0.05) is 61.7 Å². The smallest absolute Gasteiger partial charge is 0.248 e. The summed E-state index contributed by atoms with van der Waals surface area (Å²) in [5, 5.41) is 3.47. The van der Waals surface area contributed by atoms with Crippen molar-refractivity contribution in [3.05, 3.63) is 70.3 Å². The Morgan fingerprint density at radius 2 is 1.88 bits per heavy atom. The number of carbonyl (C=O) groups is 1. The third kappa shape index (κ3) is 5.86. The molecule has 0 bridgehead atoms. The first kappa shape index (κ1) is 18.3. The molecule has 0 saturated carbocycles. The Hall–Kier alpha value is -2.06. The summed E-state index contributed by atoms with van der Waals surface area (Å²) in [6, 6.07) is 13.8. The molecule has 0 fully saturated rings. The molecule has 2 rings (SSSR count). The number of rotatable bonds is 7. The standard InChI is InChI=1S/C21H24ClNO/c1-3-4-5-6-17-8-10-18(11-9-17)12-14-21(24)23-20-15-19(22)13-7-16(20)2/h7-15H,3-6H2,1-2H3,(H,23,24)/b14-12+. The van der Waals surface area contributed by atoms with Gasteiger partial charge < -0.3 is 5.32 Å². The molecule has 0 unspecified atom stereocenters. The van der Waals surface area contributed by atoms with Crippen molar-refractivity contribution in [3.63, 3.8) is 0 Å². The van der Waals surface area contributed by atoms with Gasteiger partial charge in [-0.3, -0.25) is 4.79 Å². The first-order valence-corrected chi connectivity index (χ1v) is 8.80. The van der Waals surface area contributed by atoms with E-state index in [1.54, 1.807) is 12.1 Å². The topological polar surface area (TPSA) is 29.1 Å². The van der Waals surface area contributed by atoms with E-state index in [1.807, 2.05) is 25.1 Å². The van der Waals surface area contributed by atoms with E-state index in [0.29, 0.717) is 5.02 Å². The van der Waals surface area contributed by atoms with Crippen LogP contribution in [0, 0.1) is 6.92 Å². The minimum absolute atomic E-state index is 0.160. The molecule has 3 heteroatoms. The van der Waals surface area contributed by atoms with Gasteiger partial charge in [-0.2, -0.15) is 0 Å². The van der Waals surface area contributed by atoms with E-state index in [-0.39, 0.29) is 5.91 Å². The number of benzene rings is 2. The van der Waals surface area contributed by atoms with Gasteiger partial charge in [0.05, 0.1) is 0 Å². The van der Waals surface area contributed by atoms with Crippen LogP contribution in [0.5, 0.6) is 0 Å². The van der Waals surface area contributed by atoms with Gasteiger partial charge in [0.1, 0.15) is 0 Å². The zero-order valence-electron chi connectivity index (χ0n) is 14.3. The highest BCUT2D eigenvalue weighted by atomic mass is 35.5. The predicted octanol–water partition coefficient (Wildman–Crippen LogP) is 6.03. The molecule has 2 aromatic rings. The van der Waals surface area contributed by atoms with Crippen molar-refractivity contribution >= 4 is 29.3 Å². The second kappa shape index (κ2) is 9.29. The highest BCUT2D eigenvalue weighted by Crippen LogP contribution is 2.20. The van der Waals surface area contributed by atoms with Gasteiger partial charge in [-0.25, -0.2) is 0 Å². The van der Waals surface area contributed by atoms with Crippen LogP contribution in [-0.2, 0) is 11.2 Å². The number of unbranched alkanes of at least 4 members (excludes halogenated alkanes) is 2. The summed E-state index contributed by atoms with van der Waals surface area (Å²) in [6.45, 7) is 4.15. The van der Waals surface area contributed by atoms with E-state index in [0.717, 1.165) is 23.2 Å². The maximum Gasteiger partial charge on any atom is 0.248 e. The number of nitrogens with one attached hydrogen (secondary N) is 1. The lowest BCUT2D eigenvalue weighted by Crippen LogP contribution is -2.08. The molecule has 0 aliphatic carbocycles. The van der Waals surface area contributed by atoms with Crippen LogP contribution in [0.15, 0.2) is 48.5 Å². The molecule has 0 heterocycles. The predicted molar refractivity (Wildman–Crippen MR) is 104 cm³/mol. The monoisotopic (exact) mass is 341 g/mol. The van der Waals surface area contributed by atoms with E-state index in [2.05, 4.69) is 36.5 Å². The van der Waals surface area contributed by atoms with Crippen LogP contribution in [0.4, 0.5) is 5.69 Å². The number of aryl methyl sites for hydroxylation is 2. The van der Waals surface area contributed by atoms with Crippen molar-refractivity contribution in [2.24, 2.45) is 0 Å². The van der Waals surface area contributed by atoms with Crippen LogP contribution in [0.2, 0.25) is 5.02 Å². The molecule has 2 nitrogen and oxygen atoms in total. The summed E-state index contributed by atoms with van der Waals surface area (Å²) in [4.78, 5) is 12.0. The third-order valence-corrected chi connectivity index (χ3v) is 4.17. The van der Waals surface area contributed by atoms with Crippen LogP contribution in [0.3, 0.4) is 0 Å². The molecular weight excluding hydrogens is 318 g/mol. The lowest BCUT2D eigenvalue weighted by Gasteiger charge is -2.06. The molecule has 0 radical (unpaired) electrons. The van der Waals surface area contributed by atoms with Crippen LogP contribution in [0.1, 0.15) is 42.9 Å². The summed E-state index contributed by atoms with van der Waals surface area (Å²) >= 11 is 5.96. The zero-order chi connectivity index (χ0) is 17.4. The zero-order valence-corrected chi connectivity index (χ0v) is 15.1. The molecule has 0 spiro atoms. The Labute approximate surface area is 149 Å². The van der Waals surface area contributed by atoms with E-state index in [9.17, 15) is 4.79 Å². The number of amides is 1. The normalized spacial score (nSPS) is 11.0. The van der Waals surface area contributed by atoms with Gasteiger partial charge in [0.15, 0.2) is 0 Å². The van der Waals surface area contributed by atoms with Crippen LogP contribution >= 0.6 is 11.6 Å². The van der Waals surface area contributed by atoms with Crippen LogP contribution < -0.4 is 5.32 Å². The molecule has 0 atom stereocenters. The fraction of sp³-hybridized carbons (Fsp3) is 0.286. The van der Waals surface area contributed by atoms with E-state index >= 15 is 0 Å². The van der Waals surface area contributed by atoms with Gasteiger partial charge >= 0.3 is 0 Å². The molecule has 0 aliphatic heterocycles. The highest BCUT2D eigenvalue weighted by molar-refractivity contribution is 6.31. The molecule has 0 aliphatic rings. The van der Waals surface area contributed by atoms with E-state index in [4.69, 9.17) is 11.6 Å². The van der Waals surface area contributed by atoms with Gasteiger partial charge in [0.2, 0.25) is 5.91 Å². The summed E-state index contributed by atoms with van der Waals surface area (Å²) in [5.74, 6) is -0.160. The van der Waals surface area contributed by atoms with Gasteiger partial charge in [0.25, 0.3) is 0 Å². The summed E-state index contributed by atoms with van der Waals surface area (Å²) in [6.07, 6.45) is 8.23. The minimum Gasteiger partial charge on any atom is -0.322 e. The molecule has 24 heavy (non-hydrogen) atoms. The fourth-order valence-electron chi connectivity index (χ4n) is 2.45. The quantitative estimate of drug-likeness (QED) is 0.483.